The molecule has 19 heavy (non-hydrogen) atoms. The number of rotatable bonds is 1. The zero-order valence-electron chi connectivity index (χ0n) is 12.1. The predicted molar refractivity (Wildman–Crippen MR) is 77.1 cm³/mol. The van der Waals surface area contributed by atoms with Crippen LogP contribution in [0.4, 0.5) is 0 Å². The second-order valence-electron chi connectivity index (χ2n) is 6.98. The Labute approximate surface area is 117 Å². The van der Waals surface area contributed by atoms with E-state index in [-0.39, 0.29) is 5.54 Å². The van der Waals surface area contributed by atoms with Gasteiger partial charge in [-0.3, -0.25) is 9.80 Å². The van der Waals surface area contributed by atoms with Crippen molar-refractivity contribution in [3.05, 3.63) is 0 Å². The van der Waals surface area contributed by atoms with Crippen LogP contribution in [0.5, 0.6) is 0 Å². The highest BCUT2D eigenvalue weighted by Crippen LogP contribution is 2.35. The van der Waals surface area contributed by atoms with Crippen molar-refractivity contribution >= 4 is 9.84 Å². The number of piperazine rings is 1. The number of nitrogens with zero attached hydrogens (tertiary/aromatic N) is 2. The van der Waals surface area contributed by atoms with Crippen molar-refractivity contribution in [1.29, 1.82) is 0 Å². The number of fused-ring (bicyclic) bond motifs is 1. The van der Waals surface area contributed by atoms with Gasteiger partial charge in [-0.2, -0.15) is 0 Å². The molecule has 3 aliphatic rings. The van der Waals surface area contributed by atoms with Gasteiger partial charge in [0.2, 0.25) is 0 Å². The summed E-state index contributed by atoms with van der Waals surface area (Å²) in [6, 6.07) is 1.14. The molecule has 110 valence electrons. The number of piperidine rings is 1. The molecule has 4 nitrogen and oxygen atoms in total. The monoisotopic (exact) mass is 286 g/mol. The second-order valence-corrected chi connectivity index (χ2v) is 9.17. The molecule has 0 bridgehead atoms. The van der Waals surface area contributed by atoms with E-state index < -0.39 is 9.84 Å². The van der Waals surface area contributed by atoms with Gasteiger partial charge >= 0.3 is 0 Å². The summed E-state index contributed by atoms with van der Waals surface area (Å²) in [6.07, 6.45) is 4.76. The minimum absolute atomic E-state index is 0.123. The van der Waals surface area contributed by atoms with Gasteiger partial charge in [-0.15, -0.1) is 0 Å². The van der Waals surface area contributed by atoms with Crippen molar-refractivity contribution in [2.75, 3.05) is 31.1 Å². The molecule has 3 atom stereocenters. The largest absolute Gasteiger partial charge is 0.298 e. The fraction of sp³-hybridized carbons (Fsp3) is 1.00. The third-order valence-electron chi connectivity index (χ3n) is 5.36. The molecule has 3 heterocycles. The fourth-order valence-corrected chi connectivity index (χ4v) is 6.48. The Bertz CT molecular complexity index is 450. The summed E-state index contributed by atoms with van der Waals surface area (Å²) in [6.45, 7) is 7.83. The normalized spacial score (nSPS) is 44.1. The summed E-state index contributed by atoms with van der Waals surface area (Å²) in [7, 11) is -2.81. The van der Waals surface area contributed by atoms with Gasteiger partial charge in [-0.25, -0.2) is 8.42 Å². The van der Waals surface area contributed by atoms with Crippen LogP contribution in [0.15, 0.2) is 0 Å². The van der Waals surface area contributed by atoms with Crippen LogP contribution in [0.3, 0.4) is 0 Å². The first-order valence-corrected chi connectivity index (χ1v) is 9.43. The van der Waals surface area contributed by atoms with E-state index >= 15 is 0 Å². The molecule has 0 saturated carbocycles. The maximum Gasteiger partial charge on any atom is 0.152 e. The van der Waals surface area contributed by atoms with Crippen LogP contribution in [0.25, 0.3) is 0 Å². The van der Waals surface area contributed by atoms with Gasteiger partial charge in [0.05, 0.1) is 11.5 Å². The van der Waals surface area contributed by atoms with Gasteiger partial charge in [0, 0.05) is 30.7 Å². The lowest BCUT2D eigenvalue weighted by Crippen LogP contribution is -2.64. The predicted octanol–water partition coefficient (Wildman–Crippen LogP) is 1.12. The Morgan fingerprint density at radius 3 is 2.68 bits per heavy atom. The first kappa shape index (κ1) is 13.8. The minimum atomic E-state index is -2.81. The first-order valence-electron chi connectivity index (χ1n) is 7.61. The molecule has 3 rings (SSSR count). The Kier molecular flexibility index (Phi) is 3.43. The van der Waals surface area contributed by atoms with E-state index in [0.29, 0.717) is 23.6 Å². The topological polar surface area (TPSA) is 40.6 Å². The Balaban J connectivity index is 1.77. The standard InChI is InChI=1S/C14H26N2O2S/c1-12-9-15-7-4-3-5-13(15)10-16(12)14(2)6-8-19(17,18)11-14/h12-13H,3-11H2,1-2H3. The third-order valence-corrected chi connectivity index (χ3v) is 7.25. The average Bonchev–Trinajstić information content (AvgIpc) is 2.63. The first-order chi connectivity index (χ1) is 8.90. The van der Waals surface area contributed by atoms with Gasteiger partial charge in [-0.1, -0.05) is 6.42 Å². The smallest absolute Gasteiger partial charge is 0.152 e. The van der Waals surface area contributed by atoms with Crippen molar-refractivity contribution in [3.8, 4) is 0 Å². The summed E-state index contributed by atoms with van der Waals surface area (Å²) < 4.78 is 23.7. The zero-order chi connectivity index (χ0) is 13.7. The number of sulfone groups is 1. The highest BCUT2D eigenvalue weighted by molar-refractivity contribution is 7.91. The Hall–Kier alpha value is -0.130. The van der Waals surface area contributed by atoms with Crippen molar-refractivity contribution in [2.45, 2.75) is 57.2 Å². The second kappa shape index (κ2) is 4.71. The van der Waals surface area contributed by atoms with E-state index in [4.69, 9.17) is 0 Å². The van der Waals surface area contributed by atoms with Crippen molar-refractivity contribution in [1.82, 2.24) is 9.80 Å². The molecule has 0 aromatic heterocycles. The summed E-state index contributed by atoms with van der Waals surface area (Å²) >= 11 is 0. The Morgan fingerprint density at radius 1 is 1.21 bits per heavy atom. The van der Waals surface area contributed by atoms with Crippen molar-refractivity contribution < 1.29 is 8.42 Å². The van der Waals surface area contributed by atoms with Gasteiger partial charge in [-0.05, 0) is 39.7 Å². The molecule has 0 spiro atoms. The van der Waals surface area contributed by atoms with Crippen molar-refractivity contribution in [3.63, 3.8) is 0 Å². The molecule has 0 aliphatic carbocycles. The number of hydrogen-bond donors (Lipinski definition) is 0. The minimum Gasteiger partial charge on any atom is -0.298 e. The summed E-state index contributed by atoms with van der Waals surface area (Å²) in [5, 5.41) is 0. The lowest BCUT2D eigenvalue weighted by molar-refractivity contribution is -0.0331. The molecule has 0 N–H and O–H groups in total. The molecule has 3 aliphatic heterocycles. The lowest BCUT2D eigenvalue weighted by atomic mass is 9.90. The van der Waals surface area contributed by atoms with Crippen LogP contribution in [-0.4, -0.2) is 67.0 Å². The molecule has 3 fully saturated rings. The Morgan fingerprint density at radius 2 is 2.00 bits per heavy atom. The average molecular weight is 286 g/mol. The molecule has 0 amide bonds. The van der Waals surface area contributed by atoms with Crippen LogP contribution >= 0.6 is 0 Å². The highest BCUT2D eigenvalue weighted by Gasteiger charge is 2.47. The van der Waals surface area contributed by atoms with Gasteiger partial charge < -0.3 is 0 Å². The molecule has 5 heteroatoms. The molecular formula is C14H26N2O2S. The highest BCUT2D eigenvalue weighted by atomic mass is 32.2. The molecule has 0 radical (unpaired) electrons. The fourth-order valence-electron chi connectivity index (χ4n) is 4.32. The van der Waals surface area contributed by atoms with Crippen LogP contribution in [-0.2, 0) is 9.84 Å². The van der Waals surface area contributed by atoms with Crippen LogP contribution in [0, 0.1) is 0 Å². The molecule has 3 unspecified atom stereocenters. The van der Waals surface area contributed by atoms with Gasteiger partial charge in [0.15, 0.2) is 9.84 Å². The van der Waals surface area contributed by atoms with E-state index in [1.807, 2.05) is 0 Å². The SMILES string of the molecule is CC1CN2CCCCC2CN1C1(C)CCS(=O)(=O)C1. The summed E-state index contributed by atoms with van der Waals surface area (Å²) in [5.74, 6) is 0.734. The molecular weight excluding hydrogens is 260 g/mol. The van der Waals surface area contributed by atoms with E-state index in [9.17, 15) is 8.42 Å². The maximum absolute atomic E-state index is 11.8. The molecule has 0 aromatic rings. The van der Waals surface area contributed by atoms with Gasteiger partial charge in [0.1, 0.15) is 0 Å². The number of hydrogen-bond acceptors (Lipinski definition) is 4. The maximum atomic E-state index is 11.8. The van der Waals surface area contributed by atoms with Crippen LogP contribution in [0.2, 0.25) is 0 Å². The van der Waals surface area contributed by atoms with E-state index in [2.05, 4.69) is 23.6 Å². The quantitative estimate of drug-likeness (QED) is 0.724. The van der Waals surface area contributed by atoms with Crippen LogP contribution < -0.4 is 0 Å². The third kappa shape index (κ3) is 2.57. The van der Waals surface area contributed by atoms with Crippen LogP contribution in [0.1, 0.15) is 39.5 Å². The zero-order valence-corrected chi connectivity index (χ0v) is 13.0. The molecule has 0 aromatic carbocycles. The summed E-state index contributed by atoms with van der Waals surface area (Å²) in [4.78, 5) is 5.13. The van der Waals surface area contributed by atoms with Gasteiger partial charge in [0.25, 0.3) is 0 Å². The van der Waals surface area contributed by atoms with E-state index in [0.717, 1.165) is 19.5 Å². The van der Waals surface area contributed by atoms with E-state index in [1.54, 1.807) is 0 Å². The van der Waals surface area contributed by atoms with E-state index in [1.165, 1.54) is 25.8 Å². The summed E-state index contributed by atoms with van der Waals surface area (Å²) in [5.41, 5.74) is -0.123. The lowest BCUT2D eigenvalue weighted by Gasteiger charge is -2.52. The molecule has 3 saturated heterocycles. The van der Waals surface area contributed by atoms with Crippen molar-refractivity contribution in [2.24, 2.45) is 0 Å².